The number of phosphoric ester groups is 2. The van der Waals surface area contributed by atoms with Crippen molar-refractivity contribution in [1.29, 1.82) is 0 Å². The summed E-state index contributed by atoms with van der Waals surface area (Å²) >= 11 is 0. The Morgan fingerprint density at radius 3 is 0.716 bits per heavy atom. The first-order chi connectivity index (χ1) is 45.9. The maximum atomic E-state index is 13.1. The lowest BCUT2D eigenvalue weighted by atomic mass is 10.0. The number of carbonyl (C=O) groups is 4. The molecule has 19 heteroatoms. The quantitative estimate of drug-likeness (QED) is 0.0222. The summed E-state index contributed by atoms with van der Waals surface area (Å²) in [5.41, 5.74) is 0. The Kier molecular flexibility index (Phi) is 66.5. The van der Waals surface area contributed by atoms with Crippen LogP contribution in [-0.4, -0.2) is 96.7 Å². The summed E-state index contributed by atoms with van der Waals surface area (Å²) in [6.07, 6.45) is 55.6. The van der Waals surface area contributed by atoms with E-state index in [1.165, 1.54) is 205 Å². The Balaban J connectivity index is 5.22. The van der Waals surface area contributed by atoms with E-state index < -0.39 is 97.5 Å². The van der Waals surface area contributed by atoms with Gasteiger partial charge in [0.2, 0.25) is 0 Å². The number of esters is 4. The summed E-state index contributed by atoms with van der Waals surface area (Å²) in [4.78, 5) is 72.8. The normalized spacial score (nSPS) is 14.0. The first-order valence-corrected chi connectivity index (χ1v) is 42.5. The Labute approximate surface area is 581 Å². The number of phosphoric acid groups is 2. The number of aliphatic hydroxyl groups is 1. The third-order valence-corrected chi connectivity index (χ3v) is 19.6. The second kappa shape index (κ2) is 67.9. The Morgan fingerprint density at radius 2 is 0.484 bits per heavy atom. The van der Waals surface area contributed by atoms with Crippen molar-refractivity contribution in [3.8, 4) is 0 Å². The van der Waals surface area contributed by atoms with Crippen LogP contribution in [0.1, 0.15) is 395 Å². The highest BCUT2D eigenvalue weighted by atomic mass is 31.2. The molecule has 2 unspecified atom stereocenters. The van der Waals surface area contributed by atoms with Gasteiger partial charge in [-0.3, -0.25) is 37.3 Å². The SMILES string of the molecule is CCCCCCCCCCCCCCCCC(=O)OC[C@H](COP(=O)(O)OC[C@@H](O)COP(=O)(O)OC[C@@H](COC(=O)CCCCCCCCC(C)C)OC(=O)CCCCCCCCCCCCCCC)OC(=O)CCCCCCCCCCCCCCCCCCC(C)C. The van der Waals surface area contributed by atoms with Crippen LogP contribution >= 0.6 is 15.6 Å². The summed E-state index contributed by atoms with van der Waals surface area (Å²) in [5.74, 6) is -0.627. The molecule has 0 amide bonds. The van der Waals surface area contributed by atoms with E-state index in [2.05, 4.69) is 41.5 Å². The van der Waals surface area contributed by atoms with Crippen molar-refractivity contribution in [2.75, 3.05) is 39.6 Å². The lowest BCUT2D eigenvalue weighted by Gasteiger charge is -2.21. The van der Waals surface area contributed by atoms with Crippen molar-refractivity contribution < 1.29 is 80.2 Å². The molecule has 0 aromatic heterocycles. The molecular formula is C76H148O17P2. The summed E-state index contributed by atoms with van der Waals surface area (Å²) in [6, 6.07) is 0. The maximum Gasteiger partial charge on any atom is 0.472 e. The zero-order chi connectivity index (χ0) is 70.0. The minimum atomic E-state index is -4.96. The van der Waals surface area contributed by atoms with Crippen molar-refractivity contribution in [2.24, 2.45) is 11.8 Å². The molecule has 0 fully saturated rings. The number of aliphatic hydroxyl groups excluding tert-OH is 1. The monoisotopic (exact) mass is 1400 g/mol. The van der Waals surface area contributed by atoms with E-state index in [1.54, 1.807) is 0 Å². The predicted molar refractivity (Wildman–Crippen MR) is 386 cm³/mol. The molecule has 0 aliphatic heterocycles. The van der Waals surface area contributed by atoms with Gasteiger partial charge in [0, 0.05) is 25.7 Å². The molecule has 5 atom stereocenters. The van der Waals surface area contributed by atoms with Crippen LogP contribution in [-0.2, 0) is 65.4 Å². The highest BCUT2D eigenvalue weighted by Crippen LogP contribution is 2.45. The molecule has 0 heterocycles. The average Bonchev–Trinajstić information content (AvgIpc) is 2.05. The van der Waals surface area contributed by atoms with Crippen molar-refractivity contribution >= 4 is 39.5 Å². The first kappa shape index (κ1) is 93.1. The van der Waals surface area contributed by atoms with Gasteiger partial charge < -0.3 is 33.8 Å². The summed E-state index contributed by atoms with van der Waals surface area (Å²) in [6.45, 7) is 9.55. The molecule has 0 aliphatic carbocycles. The molecule has 0 bridgehead atoms. The number of unbranched alkanes of at least 4 members (excludes halogenated alkanes) is 45. The van der Waals surface area contributed by atoms with Crippen molar-refractivity contribution in [3.63, 3.8) is 0 Å². The molecule has 0 radical (unpaired) electrons. The molecule has 17 nitrogen and oxygen atoms in total. The Hall–Kier alpha value is -1.94. The highest BCUT2D eigenvalue weighted by molar-refractivity contribution is 7.47. The summed E-state index contributed by atoms with van der Waals surface area (Å²) in [7, 11) is -9.91. The van der Waals surface area contributed by atoms with E-state index in [1.807, 2.05) is 0 Å². The molecule has 0 saturated heterocycles. The van der Waals surface area contributed by atoms with Gasteiger partial charge in [-0.05, 0) is 37.5 Å². The number of hydrogen-bond donors (Lipinski definition) is 3. The van der Waals surface area contributed by atoms with Crippen LogP contribution in [0.5, 0.6) is 0 Å². The fourth-order valence-corrected chi connectivity index (χ4v) is 13.2. The van der Waals surface area contributed by atoms with Gasteiger partial charge in [0.15, 0.2) is 12.2 Å². The van der Waals surface area contributed by atoms with Gasteiger partial charge in [0.25, 0.3) is 0 Å². The fourth-order valence-electron chi connectivity index (χ4n) is 11.7. The molecule has 0 rings (SSSR count). The minimum absolute atomic E-state index is 0.107. The first-order valence-electron chi connectivity index (χ1n) is 39.5. The molecular weight excluding hydrogens is 1250 g/mol. The van der Waals surface area contributed by atoms with Gasteiger partial charge >= 0.3 is 39.5 Å². The zero-order valence-corrected chi connectivity index (χ0v) is 63.8. The van der Waals surface area contributed by atoms with Gasteiger partial charge in [-0.25, -0.2) is 9.13 Å². The number of carbonyl (C=O) groups excluding carboxylic acids is 4. The van der Waals surface area contributed by atoms with Crippen molar-refractivity contribution in [2.45, 2.75) is 413 Å². The smallest absolute Gasteiger partial charge is 0.462 e. The van der Waals surface area contributed by atoms with Crippen LogP contribution < -0.4 is 0 Å². The van der Waals surface area contributed by atoms with Crippen molar-refractivity contribution in [3.05, 3.63) is 0 Å². The molecule has 0 aromatic rings. The largest absolute Gasteiger partial charge is 0.472 e. The average molecular weight is 1400 g/mol. The Morgan fingerprint density at radius 1 is 0.284 bits per heavy atom. The summed E-state index contributed by atoms with van der Waals surface area (Å²) in [5, 5.41) is 10.6. The number of rotatable bonds is 75. The fraction of sp³-hybridized carbons (Fsp3) is 0.947. The standard InChI is InChI=1S/C76H148O17P2/c1-7-9-11-13-15-17-19-21-28-31-35-39-46-52-58-73(78)86-64-71(92-75(80)61-55-49-41-37-33-29-25-23-22-24-27-30-34-38-44-50-56-68(3)4)66-90-94(82,83)88-62-70(77)63-89-95(84,85)91-67-72(65-87-74(79)59-53-47-43-42-45-51-57-69(5)6)93-76(81)60-54-48-40-36-32-26-20-18-16-14-12-10-8-2/h68-72,77H,7-67H2,1-6H3,(H,82,83)(H,84,85)/t70-,71-,72-/m1/s1. The number of ether oxygens (including phenoxy) is 4. The third kappa shape index (κ3) is 70.3. The van der Waals surface area contributed by atoms with Crippen molar-refractivity contribution in [1.82, 2.24) is 0 Å². The van der Waals surface area contributed by atoms with E-state index in [4.69, 9.17) is 37.0 Å². The molecule has 95 heavy (non-hydrogen) atoms. The number of hydrogen-bond acceptors (Lipinski definition) is 15. The van der Waals surface area contributed by atoms with E-state index in [9.17, 15) is 43.2 Å². The molecule has 0 spiro atoms. The zero-order valence-electron chi connectivity index (χ0n) is 62.0. The third-order valence-electron chi connectivity index (χ3n) is 17.7. The van der Waals surface area contributed by atoms with Crippen LogP contribution in [0.2, 0.25) is 0 Å². The summed E-state index contributed by atoms with van der Waals surface area (Å²) < 4.78 is 68.5. The van der Waals surface area contributed by atoms with E-state index in [0.29, 0.717) is 31.6 Å². The highest BCUT2D eigenvalue weighted by Gasteiger charge is 2.30. The predicted octanol–water partition coefficient (Wildman–Crippen LogP) is 22.3. The van der Waals surface area contributed by atoms with E-state index >= 15 is 0 Å². The maximum absolute atomic E-state index is 13.1. The molecule has 0 aliphatic rings. The van der Waals surface area contributed by atoms with E-state index in [-0.39, 0.29) is 25.7 Å². The van der Waals surface area contributed by atoms with Crippen LogP contribution in [0.15, 0.2) is 0 Å². The topological polar surface area (TPSA) is 237 Å². The minimum Gasteiger partial charge on any atom is -0.462 e. The molecule has 0 aromatic carbocycles. The van der Waals surface area contributed by atoms with Crippen LogP contribution in [0.25, 0.3) is 0 Å². The van der Waals surface area contributed by atoms with Crippen LogP contribution in [0.3, 0.4) is 0 Å². The van der Waals surface area contributed by atoms with Crippen LogP contribution in [0, 0.1) is 11.8 Å². The molecule has 564 valence electrons. The molecule has 3 N–H and O–H groups in total. The second-order valence-electron chi connectivity index (χ2n) is 28.3. The van der Waals surface area contributed by atoms with Gasteiger partial charge in [-0.15, -0.1) is 0 Å². The van der Waals surface area contributed by atoms with Crippen LogP contribution in [0.4, 0.5) is 0 Å². The Bertz CT molecular complexity index is 1840. The van der Waals surface area contributed by atoms with Gasteiger partial charge in [-0.1, -0.05) is 343 Å². The second-order valence-corrected chi connectivity index (χ2v) is 31.3. The molecule has 0 saturated carbocycles. The van der Waals surface area contributed by atoms with Gasteiger partial charge in [0.1, 0.15) is 19.3 Å². The lowest BCUT2D eigenvalue weighted by Crippen LogP contribution is -2.30. The van der Waals surface area contributed by atoms with Gasteiger partial charge in [0.05, 0.1) is 26.4 Å². The van der Waals surface area contributed by atoms with E-state index in [0.717, 1.165) is 102 Å². The lowest BCUT2D eigenvalue weighted by molar-refractivity contribution is -0.161. The van der Waals surface area contributed by atoms with Gasteiger partial charge in [-0.2, -0.15) is 0 Å².